The zero-order valence-electron chi connectivity index (χ0n) is 7.37. The summed E-state index contributed by atoms with van der Waals surface area (Å²) in [4.78, 5) is 7.22. The average Bonchev–Trinajstić information content (AvgIpc) is 2.49. The summed E-state index contributed by atoms with van der Waals surface area (Å²) in [7, 11) is 0. The molecule has 2 rings (SSSR count). The predicted octanol–water partition coefficient (Wildman–Crippen LogP) is 1.54. The van der Waals surface area contributed by atoms with Gasteiger partial charge in [0.2, 0.25) is 0 Å². The van der Waals surface area contributed by atoms with Gasteiger partial charge in [0.15, 0.2) is 0 Å². The van der Waals surface area contributed by atoms with Crippen LogP contribution in [-0.4, -0.2) is 16.6 Å². The number of para-hydroxylation sites is 1. The number of aromatic nitrogens is 2. The highest BCUT2D eigenvalue weighted by Gasteiger charge is 2.04. The van der Waals surface area contributed by atoms with E-state index >= 15 is 0 Å². The lowest BCUT2D eigenvalue weighted by atomic mass is 10.3. The zero-order valence-corrected chi connectivity index (χ0v) is 7.37. The molecule has 1 heterocycles. The fourth-order valence-corrected chi connectivity index (χ4v) is 1.24. The number of fused-ring (bicyclic) bond motifs is 1. The first-order valence-electron chi connectivity index (χ1n) is 4.18. The second-order valence-corrected chi connectivity index (χ2v) is 2.72. The molecule has 0 aliphatic carbocycles. The molecule has 1 aromatic carbocycles. The van der Waals surface area contributed by atoms with E-state index in [9.17, 15) is 0 Å². The third-order valence-electron chi connectivity index (χ3n) is 1.80. The third kappa shape index (κ3) is 1.30. The van der Waals surface area contributed by atoms with Crippen LogP contribution >= 0.6 is 0 Å². The number of imidazole rings is 1. The molecule has 68 valence electrons. The Balaban J connectivity index is 2.55. The molecule has 2 aromatic rings. The van der Waals surface area contributed by atoms with E-state index in [1.54, 1.807) is 0 Å². The first kappa shape index (κ1) is 7.91. The molecule has 0 radical (unpaired) electrons. The Hall–Kier alpha value is -1.71. The molecule has 4 heteroatoms. The summed E-state index contributed by atoms with van der Waals surface area (Å²) in [5.41, 5.74) is 8.07. The van der Waals surface area contributed by atoms with Gasteiger partial charge >= 0.3 is 0 Å². The first-order valence-corrected chi connectivity index (χ1v) is 4.18. The van der Waals surface area contributed by atoms with E-state index in [1.807, 2.05) is 25.1 Å². The van der Waals surface area contributed by atoms with Crippen LogP contribution in [0.25, 0.3) is 11.0 Å². The fraction of sp³-hybridized carbons (Fsp3) is 0.222. The van der Waals surface area contributed by atoms with Crippen LogP contribution < -0.4 is 10.5 Å². The van der Waals surface area contributed by atoms with Crippen molar-refractivity contribution >= 4 is 16.7 Å². The Morgan fingerprint density at radius 1 is 1.54 bits per heavy atom. The van der Waals surface area contributed by atoms with E-state index in [0.29, 0.717) is 18.3 Å². The van der Waals surface area contributed by atoms with Crippen molar-refractivity contribution in [3.05, 3.63) is 18.2 Å². The summed E-state index contributed by atoms with van der Waals surface area (Å²) >= 11 is 0. The number of hydrogen-bond donors (Lipinski definition) is 2. The zero-order chi connectivity index (χ0) is 9.26. The van der Waals surface area contributed by atoms with Gasteiger partial charge in [0.25, 0.3) is 6.01 Å². The quantitative estimate of drug-likeness (QED) is 0.684. The van der Waals surface area contributed by atoms with Crippen molar-refractivity contribution < 1.29 is 4.74 Å². The van der Waals surface area contributed by atoms with E-state index in [0.717, 1.165) is 11.0 Å². The Bertz CT molecular complexity index is 422. The van der Waals surface area contributed by atoms with Gasteiger partial charge in [-0.1, -0.05) is 6.07 Å². The molecule has 0 saturated carbocycles. The van der Waals surface area contributed by atoms with Crippen LogP contribution in [0.4, 0.5) is 5.69 Å². The average molecular weight is 177 g/mol. The van der Waals surface area contributed by atoms with Gasteiger partial charge in [-0.3, -0.25) is 0 Å². The monoisotopic (exact) mass is 177 g/mol. The lowest BCUT2D eigenvalue weighted by Crippen LogP contribution is -1.92. The molecule has 0 unspecified atom stereocenters. The summed E-state index contributed by atoms with van der Waals surface area (Å²) in [6.45, 7) is 2.51. The van der Waals surface area contributed by atoms with Crippen molar-refractivity contribution in [1.82, 2.24) is 9.97 Å². The molecule has 13 heavy (non-hydrogen) atoms. The minimum Gasteiger partial charge on any atom is -0.465 e. The number of H-pyrrole nitrogens is 1. The lowest BCUT2D eigenvalue weighted by Gasteiger charge is -1.93. The van der Waals surface area contributed by atoms with E-state index in [4.69, 9.17) is 10.5 Å². The summed E-state index contributed by atoms with van der Waals surface area (Å²) in [5.74, 6) is 0. The minimum atomic E-state index is 0.524. The Morgan fingerprint density at radius 3 is 3.08 bits per heavy atom. The van der Waals surface area contributed by atoms with E-state index in [1.165, 1.54) is 0 Å². The SMILES string of the molecule is CCOc1nc2c(N)cccc2[nH]1. The number of nitrogens with one attached hydrogen (secondary N) is 1. The van der Waals surface area contributed by atoms with Crippen molar-refractivity contribution in [3.8, 4) is 6.01 Å². The largest absolute Gasteiger partial charge is 0.465 e. The normalized spacial score (nSPS) is 10.5. The van der Waals surface area contributed by atoms with Gasteiger partial charge in [-0.2, -0.15) is 4.98 Å². The van der Waals surface area contributed by atoms with Crippen LogP contribution in [0.1, 0.15) is 6.92 Å². The van der Waals surface area contributed by atoms with Gasteiger partial charge in [0.05, 0.1) is 17.8 Å². The molecule has 0 atom stereocenters. The Kier molecular flexibility index (Phi) is 1.81. The van der Waals surface area contributed by atoms with Crippen molar-refractivity contribution in [1.29, 1.82) is 0 Å². The van der Waals surface area contributed by atoms with Crippen LogP contribution in [0.15, 0.2) is 18.2 Å². The van der Waals surface area contributed by atoms with Crippen molar-refractivity contribution in [3.63, 3.8) is 0 Å². The highest BCUT2D eigenvalue weighted by Crippen LogP contribution is 2.20. The second kappa shape index (κ2) is 2.97. The second-order valence-electron chi connectivity index (χ2n) is 2.72. The number of anilines is 1. The summed E-state index contributed by atoms with van der Waals surface area (Å²) in [6, 6.07) is 6.14. The standard InChI is InChI=1S/C9H11N3O/c1-2-13-9-11-7-5-3-4-6(10)8(7)12-9/h3-5H,2,10H2,1H3,(H,11,12). The van der Waals surface area contributed by atoms with Crippen molar-refractivity contribution in [2.75, 3.05) is 12.3 Å². The number of hydrogen-bond acceptors (Lipinski definition) is 3. The molecule has 0 spiro atoms. The molecular formula is C9H11N3O. The molecule has 3 N–H and O–H groups in total. The summed E-state index contributed by atoms with van der Waals surface area (Å²) in [6.07, 6.45) is 0. The van der Waals surface area contributed by atoms with E-state index in [2.05, 4.69) is 9.97 Å². The number of rotatable bonds is 2. The van der Waals surface area contributed by atoms with Gasteiger partial charge in [0, 0.05) is 0 Å². The molecule has 0 saturated heterocycles. The Morgan fingerprint density at radius 2 is 2.38 bits per heavy atom. The third-order valence-corrected chi connectivity index (χ3v) is 1.80. The van der Waals surface area contributed by atoms with Gasteiger partial charge in [0.1, 0.15) is 5.52 Å². The topological polar surface area (TPSA) is 63.9 Å². The van der Waals surface area contributed by atoms with Crippen molar-refractivity contribution in [2.24, 2.45) is 0 Å². The fourth-order valence-electron chi connectivity index (χ4n) is 1.24. The van der Waals surface area contributed by atoms with Crippen LogP contribution in [0.2, 0.25) is 0 Å². The number of nitrogens with zero attached hydrogens (tertiary/aromatic N) is 1. The van der Waals surface area contributed by atoms with E-state index < -0.39 is 0 Å². The lowest BCUT2D eigenvalue weighted by molar-refractivity contribution is 0.317. The molecular weight excluding hydrogens is 166 g/mol. The molecule has 4 nitrogen and oxygen atoms in total. The predicted molar refractivity (Wildman–Crippen MR) is 51.7 cm³/mol. The smallest absolute Gasteiger partial charge is 0.294 e. The molecule has 1 aromatic heterocycles. The van der Waals surface area contributed by atoms with Crippen molar-refractivity contribution in [2.45, 2.75) is 6.92 Å². The first-order chi connectivity index (χ1) is 6.31. The number of nitrogens with two attached hydrogens (primary N) is 1. The number of aromatic amines is 1. The number of nitrogen functional groups attached to an aromatic ring is 1. The highest BCUT2D eigenvalue weighted by atomic mass is 16.5. The maximum atomic E-state index is 5.73. The Labute approximate surface area is 75.7 Å². The molecule has 0 aliphatic heterocycles. The number of benzene rings is 1. The van der Waals surface area contributed by atoms with Gasteiger partial charge in [-0.25, -0.2) is 0 Å². The van der Waals surface area contributed by atoms with Gasteiger partial charge in [-0.15, -0.1) is 0 Å². The number of ether oxygens (including phenoxy) is 1. The van der Waals surface area contributed by atoms with Gasteiger partial charge < -0.3 is 15.5 Å². The molecule has 0 amide bonds. The van der Waals surface area contributed by atoms with Crippen LogP contribution in [-0.2, 0) is 0 Å². The van der Waals surface area contributed by atoms with Crippen LogP contribution in [0.5, 0.6) is 6.01 Å². The summed E-state index contributed by atoms with van der Waals surface area (Å²) < 4.78 is 5.22. The minimum absolute atomic E-state index is 0.524. The molecule has 0 aliphatic rings. The summed E-state index contributed by atoms with van der Waals surface area (Å²) in [5, 5.41) is 0. The maximum absolute atomic E-state index is 5.73. The highest BCUT2D eigenvalue weighted by molar-refractivity contribution is 5.87. The van der Waals surface area contributed by atoms with Crippen LogP contribution in [0.3, 0.4) is 0 Å². The van der Waals surface area contributed by atoms with Crippen LogP contribution in [0, 0.1) is 0 Å². The molecule has 0 fully saturated rings. The molecule has 0 bridgehead atoms. The van der Waals surface area contributed by atoms with E-state index in [-0.39, 0.29) is 0 Å². The van der Waals surface area contributed by atoms with Gasteiger partial charge in [-0.05, 0) is 19.1 Å². The maximum Gasteiger partial charge on any atom is 0.294 e.